The van der Waals surface area contributed by atoms with E-state index in [1.807, 2.05) is 20.2 Å². The van der Waals surface area contributed by atoms with Crippen LogP contribution < -0.4 is 4.90 Å². The molecule has 4 unspecified atom stereocenters. The maximum absolute atomic E-state index is 13.8. The summed E-state index contributed by atoms with van der Waals surface area (Å²) in [6, 6.07) is 11.9. The summed E-state index contributed by atoms with van der Waals surface area (Å²) in [6.07, 6.45) is 6.49. The molecule has 2 aromatic carbocycles. The highest BCUT2D eigenvalue weighted by atomic mass is 19.1. The van der Waals surface area contributed by atoms with Crippen LogP contribution in [0.25, 0.3) is 0 Å². The van der Waals surface area contributed by atoms with Crippen LogP contribution in [0.15, 0.2) is 65.3 Å². The SMILES string of the molecule is CN(C)c1ccc(C2OCC34O[C@@]3(C#Cc3cc(F)cc(F)c3)CCC4C3CCC4=CC(=O)CCC4=C23)cc1. The number of ether oxygens (including phenoxy) is 2. The Hall–Kier alpha value is -3.27. The minimum Gasteiger partial charge on any atom is -0.378 e. The highest BCUT2D eigenvalue weighted by molar-refractivity contribution is 5.93. The van der Waals surface area contributed by atoms with Gasteiger partial charge in [0, 0.05) is 43.8 Å². The second-order valence-corrected chi connectivity index (χ2v) is 11.8. The molecule has 5 aliphatic rings. The van der Waals surface area contributed by atoms with Crippen molar-refractivity contribution in [3.63, 3.8) is 0 Å². The van der Waals surface area contributed by atoms with Gasteiger partial charge < -0.3 is 14.4 Å². The number of fused-ring (bicyclic) bond motifs is 3. The van der Waals surface area contributed by atoms with E-state index in [4.69, 9.17) is 9.47 Å². The standard InChI is InChI=1S/C33H31F2NO3/c1-36(2)25-6-3-21(4-7-25)31-30-27-10-8-26(37)17-22(27)5-9-28(30)29-12-14-32(33(29,39-32)19-38-31)13-11-20-15-23(34)18-24(35)16-20/h3-4,6-7,15-18,28-29,31H,5,8-10,12,14,19H2,1-2H3/t28?,29?,31?,32-,33?/m0/s1. The van der Waals surface area contributed by atoms with Gasteiger partial charge in [0.15, 0.2) is 11.4 Å². The molecule has 0 aromatic heterocycles. The van der Waals surface area contributed by atoms with Crippen LogP contribution in [0.4, 0.5) is 14.5 Å². The number of ketones is 1. The van der Waals surface area contributed by atoms with Crippen LogP contribution in [0.2, 0.25) is 0 Å². The van der Waals surface area contributed by atoms with Crippen molar-refractivity contribution in [3.05, 3.63) is 88.0 Å². The van der Waals surface area contributed by atoms with Crippen LogP contribution in [-0.4, -0.2) is 37.7 Å². The first-order chi connectivity index (χ1) is 18.8. The van der Waals surface area contributed by atoms with Gasteiger partial charge in [-0.25, -0.2) is 8.78 Å². The van der Waals surface area contributed by atoms with Gasteiger partial charge in [-0.1, -0.05) is 24.0 Å². The molecular weight excluding hydrogens is 496 g/mol. The molecule has 0 amide bonds. The molecule has 0 N–H and O–H groups in total. The smallest absolute Gasteiger partial charge is 0.161 e. The van der Waals surface area contributed by atoms with Gasteiger partial charge in [0.1, 0.15) is 23.3 Å². The monoisotopic (exact) mass is 527 g/mol. The first-order valence-corrected chi connectivity index (χ1v) is 13.8. The van der Waals surface area contributed by atoms with Gasteiger partial charge in [0.2, 0.25) is 0 Å². The van der Waals surface area contributed by atoms with Crippen molar-refractivity contribution in [2.75, 3.05) is 25.6 Å². The highest BCUT2D eigenvalue weighted by Gasteiger charge is 2.78. The molecule has 2 saturated heterocycles. The lowest BCUT2D eigenvalue weighted by Crippen LogP contribution is -2.35. The second kappa shape index (κ2) is 8.87. The molecule has 4 nitrogen and oxygen atoms in total. The van der Waals surface area contributed by atoms with Crippen molar-refractivity contribution in [2.24, 2.45) is 11.8 Å². The summed E-state index contributed by atoms with van der Waals surface area (Å²) in [5, 5.41) is 0. The zero-order valence-electron chi connectivity index (χ0n) is 22.2. The molecule has 6 heteroatoms. The van der Waals surface area contributed by atoms with Crippen LogP contribution in [0.1, 0.15) is 55.8 Å². The van der Waals surface area contributed by atoms with Crippen LogP contribution in [-0.2, 0) is 14.3 Å². The molecule has 2 aromatic rings. The molecule has 7 rings (SSSR count). The predicted molar refractivity (Wildman–Crippen MR) is 144 cm³/mol. The maximum atomic E-state index is 13.8. The van der Waals surface area contributed by atoms with Crippen LogP contribution in [0.5, 0.6) is 0 Å². The van der Waals surface area contributed by atoms with Gasteiger partial charge in [0.25, 0.3) is 0 Å². The Kier molecular flexibility index (Phi) is 5.63. The molecule has 5 atom stereocenters. The zero-order chi connectivity index (χ0) is 26.9. The minimum atomic E-state index is -0.668. The minimum absolute atomic E-state index is 0.208. The average molecular weight is 528 g/mol. The first kappa shape index (κ1) is 24.7. The Balaban J connectivity index is 1.30. The molecule has 1 spiro atoms. The molecular formula is C33H31F2NO3. The van der Waals surface area contributed by atoms with Crippen molar-refractivity contribution in [3.8, 4) is 11.8 Å². The van der Waals surface area contributed by atoms with E-state index < -0.39 is 22.8 Å². The highest BCUT2D eigenvalue weighted by Crippen LogP contribution is 2.68. The molecule has 3 aliphatic carbocycles. The predicted octanol–water partition coefficient (Wildman–Crippen LogP) is 6.07. The fraction of sp³-hybridized carbons (Fsp3) is 0.424. The van der Waals surface area contributed by atoms with E-state index >= 15 is 0 Å². The number of carbonyl (C=O) groups is 1. The number of anilines is 1. The van der Waals surface area contributed by atoms with Crippen molar-refractivity contribution in [1.29, 1.82) is 0 Å². The average Bonchev–Trinajstić information content (AvgIpc) is 3.49. The first-order valence-electron chi connectivity index (χ1n) is 13.8. The van der Waals surface area contributed by atoms with Crippen molar-refractivity contribution in [1.82, 2.24) is 0 Å². The lowest BCUT2D eigenvalue weighted by atomic mass is 9.66. The summed E-state index contributed by atoms with van der Waals surface area (Å²) in [5.41, 5.74) is 5.11. The van der Waals surface area contributed by atoms with Crippen molar-refractivity contribution >= 4 is 11.5 Å². The number of benzene rings is 2. The molecule has 200 valence electrons. The van der Waals surface area contributed by atoms with Crippen molar-refractivity contribution in [2.45, 2.75) is 55.8 Å². The van der Waals surface area contributed by atoms with E-state index in [-0.39, 0.29) is 23.7 Å². The van der Waals surface area contributed by atoms with E-state index in [1.165, 1.54) is 28.9 Å². The van der Waals surface area contributed by atoms with E-state index in [2.05, 4.69) is 41.0 Å². The number of hydrogen-bond donors (Lipinski definition) is 0. The quantitative estimate of drug-likeness (QED) is 0.351. The Morgan fingerprint density at radius 2 is 1.77 bits per heavy atom. The molecule has 2 heterocycles. The molecule has 39 heavy (non-hydrogen) atoms. The van der Waals surface area contributed by atoms with Crippen LogP contribution in [0, 0.1) is 35.3 Å². The van der Waals surface area contributed by atoms with Gasteiger partial charge in [-0.3, -0.25) is 4.79 Å². The summed E-state index contributed by atoms with van der Waals surface area (Å²) in [6.45, 7) is 0.412. The number of rotatable bonds is 2. The number of halogens is 2. The Labute approximate surface area is 227 Å². The van der Waals surface area contributed by atoms with Gasteiger partial charge in [-0.2, -0.15) is 0 Å². The summed E-state index contributed by atoms with van der Waals surface area (Å²) < 4.78 is 40.9. The third kappa shape index (κ3) is 3.90. The van der Waals surface area contributed by atoms with Crippen LogP contribution in [0.3, 0.4) is 0 Å². The lowest BCUT2D eigenvalue weighted by Gasteiger charge is -2.37. The van der Waals surface area contributed by atoms with Gasteiger partial charge >= 0.3 is 0 Å². The van der Waals surface area contributed by atoms with Gasteiger partial charge in [-0.15, -0.1) is 0 Å². The van der Waals surface area contributed by atoms with E-state index in [1.54, 1.807) is 0 Å². The Morgan fingerprint density at radius 3 is 2.51 bits per heavy atom. The summed E-state index contributed by atoms with van der Waals surface area (Å²) >= 11 is 0. The van der Waals surface area contributed by atoms with E-state index in [0.717, 1.165) is 49.4 Å². The lowest BCUT2D eigenvalue weighted by molar-refractivity contribution is -0.114. The largest absolute Gasteiger partial charge is 0.378 e. The summed E-state index contributed by atoms with van der Waals surface area (Å²) in [5.74, 6) is 5.74. The fourth-order valence-electron chi connectivity index (χ4n) is 7.58. The molecule has 3 fully saturated rings. The number of epoxide rings is 1. The second-order valence-electron chi connectivity index (χ2n) is 11.8. The normalized spacial score (nSPS) is 32.6. The Morgan fingerprint density at radius 1 is 1.00 bits per heavy atom. The summed E-state index contributed by atoms with van der Waals surface area (Å²) in [4.78, 5) is 14.4. The molecule has 2 aliphatic heterocycles. The third-order valence-electron chi connectivity index (χ3n) is 9.44. The van der Waals surface area contributed by atoms with E-state index in [9.17, 15) is 13.6 Å². The fourth-order valence-corrected chi connectivity index (χ4v) is 7.58. The number of hydrogen-bond acceptors (Lipinski definition) is 4. The number of carbonyl (C=O) groups excluding carboxylic acids is 1. The molecule has 1 saturated carbocycles. The van der Waals surface area contributed by atoms with Crippen molar-refractivity contribution < 1.29 is 23.0 Å². The van der Waals surface area contributed by atoms with Gasteiger partial charge in [-0.05, 0) is 90.6 Å². The maximum Gasteiger partial charge on any atom is 0.161 e. The number of nitrogens with zero attached hydrogens (tertiary/aromatic N) is 1. The zero-order valence-corrected chi connectivity index (χ0v) is 22.2. The molecule has 0 bridgehead atoms. The third-order valence-corrected chi connectivity index (χ3v) is 9.44. The van der Waals surface area contributed by atoms with E-state index in [0.29, 0.717) is 18.6 Å². The summed E-state index contributed by atoms with van der Waals surface area (Å²) in [7, 11) is 4.05. The topological polar surface area (TPSA) is 42.1 Å². The van der Waals surface area contributed by atoms with Crippen LogP contribution >= 0.6 is 0 Å². The molecule has 0 radical (unpaired) electrons. The Bertz CT molecular complexity index is 1480. The number of allylic oxidation sites excluding steroid dienone is 3. The van der Waals surface area contributed by atoms with Gasteiger partial charge in [0.05, 0.1) is 6.61 Å².